The molecule has 6 rings (SSSR count). The number of rotatable bonds is 6. The van der Waals surface area contributed by atoms with Crippen molar-refractivity contribution in [3.05, 3.63) is 42.4 Å². The summed E-state index contributed by atoms with van der Waals surface area (Å²) in [6.07, 6.45) is 5.66. The number of carbonyl (C=O) groups excluding carboxylic acids is 1. The van der Waals surface area contributed by atoms with Gasteiger partial charge >= 0.3 is 6.09 Å². The van der Waals surface area contributed by atoms with E-state index in [-0.39, 0.29) is 36.2 Å². The van der Waals surface area contributed by atoms with Gasteiger partial charge in [0.1, 0.15) is 30.3 Å². The van der Waals surface area contributed by atoms with Crippen LogP contribution < -0.4 is 15.0 Å². The van der Waals surface area contributed by atoms with Crippen LogP contribution in [0.2, 0.25) is 0 Å². The maximum absolute atomic E-state index is 12.2. The van der Waals surface area contributed by atoms with Gasteiger partial charge in [0.25, 0.3) is 0 Å². The Labute approximate surface area is 222 Å². The predicted octanol–water partition coefficient (Wildman–Crippen LogP) is 3.77. The van der Waals surface area contributed by atoms with Crippen LogP contribution in [0.3, 0.4) is 0 Å². The molecule has 2 unspecified atom stereocenters. The third kappa shape index (κ3) is 5.38. The van der Waals surface area contributed by atoms with Gasteiger partial charge in [-0.15, -0.1) is 0 Å². The van der Waals surface area contributed by atoms with Gasteiger partial charge in [-0.3, -0.25) is 0 Å². The molecule has 1 amide bonds. The van der Waals surface area contributed by atoms with E-state index in [1.54, 1.807) is 30.8 Å². The molecule has 200 valence electrons. The molecular weight excluding hydrogens is 484 g/mol. The Balaban J connectivity index is 1.33. The minimum absolute atomic E-state index is 0.0564. The Morgan fingerprint density at radius 1 is 1.21 bits per heavy atom. The Morgan fingerprint density at radius 2 is 1.95 bits per heavy atom. The van der Waals surface area contributed by atoms with Crippen molar-refractivity contribution in [1.29, 1.82) is 5.26 Å². The summed E-state index contributed by atoms with van der Waals surface area (Å²) in [5, 5.41) is 26.9. The number of aliphatic hydroxyl groups is 1. The number of alkyl carbamates (subject to hydrolysis) is 1. The van der Waals surface area contributed by atoms with Crippen molar-refractivity contribution in [2.24, 2.45) is 11.8 Å². The number of hydrogen-bond acceptors (Lipinski definition) is 8. The molecule has 3 aliphatic rings. The van der Waals surface area contributed by atoms with Gasteiger partial charge in [0.15, 0.2) is 0 Å². The number of nitrogens with one attached hydrogen (secondary N) is 1. The van der Waals surface area contributed by atoms with Crippen molar-refractivity contribution in [2.75, 3.05) is 24.6 Å². The van der Waals surface area contributed by atoms with Crippen LogP contribution >= 0.6 is 0 Å². The normalized spacial score (nSPS) is 21.0. The van der Waals surface area contributed by atoms with Crippen LogP contribution in [0.15, 0.2) is 36.8 Å². The molecule has 2 bridgehead atoms. The zero-order chi connectivity index (χ0) is 27.2. The number of anilines is 1. The topological polar surface area (TPSA) is 125 Å². The number of piperidine rings is 2. The number of ether oxygens (including phenoxy) is 2. The van der Waals surface area contributed by atoms with Crippen LogP contribution in [-0.4, -0.2) is 62.7 Å². The summed E-state index contributed by atoms with van der Waals surface area (Å²) in [7, 11) is 0. The van der Waals surface area contributed by atoms with E-state index < -0.39 is 5.60 Å². The molecule has 2 N–H and O–H groups in total. The van der Waals surface area contributed by atoms with E-state index in [1.807, 2.05) is 39.0 Å². The van der Waals surface area contributed by atoms with E-state index in [0.29, 0.717) is 16.8 Å². The van der Waals surface area contributed by atoms with Crippen molar-refractivity contribution in [1.82, 2.24) is 19.9 Å². The summed E-state index contributed by atoms with van der Waals surface area (Å²) in [5.41, 5.74) is 1.40. The van der Waals surface area contributed by atoms with Gasteiger partial charge in [-0.2, -0.15) is 10.4 Å². The number of amides is 1. The molecule has 38 heavy (non-hydrogen) atoms. The van der Waals surface area contributed by atoms with Crippen molar-refractivity contribution < 1.29 is 19.4 Å². The van der Waals surface area contributed by atoms with Gasteiger partial charge < -0.3 is 24.8 Å². The molecule has 1 aliphatic carbocycles. The van der Waals surface area contributed by atoms with Crippen LogP contribution in [0.5, 0.6) is 5.75 Å². The molecular formula is C28H34N6O4. The van der Waals surface area contributed by atoms with E-state index in [4.69, 9.17) is 14.5 Å². The number of nitrogens with zero attached hydrogens (tertiary/aromatic N) is 5. The third-order valence-corrected chi connectivity index (χ3v) is 6.85. The van der Waals surface area contributed by atoms with E-state index in [2.05, 4.69) is 21.4 Å². The summed E-state index contributed by atoms with van der Waals surface area (Å²) < 4.78 is 13.2. The largest absolute Gasteiger partial charge is 0.489 e. The molecule has 5 heterocycles. The molecule has 10 heteroatoms. The van der Waals surface area contributed by atoms with E-state index >= 15 is 0 Å². The molecule has 0 aromatic carbocycles. The monoisotopic (exact) mass is 518 g/mol. The molecule has 10 nitrogen and oxygen atoms in total. The second kappa shape index (κ2) is 9.48. The fourth-order valence-corrected chi connectivity index (χ4v) is 5.15. The number of carbonyl (C=O) groups is 1. The summed E-state index contributed by atoms with van der Waals surface area (Å²) in [6, 6.07) is 8.01. The Morgan fingerprint density at radius 3 is 2.55 bits per heavy atom. The van der Waals surface area contributed by atoms with Crippen molar-refractivity contribution in [3.63, 3.8) is 0 Å². The molecule has 2 aliphatic heterocycles. The van der Waals surface area contributed by atoms with Crippen molar-refractivity contribution in [2.45, 2.75) is 58.3 Å². The molecule has 3 aromatic heterocycles. The first-order valence-electron chi connectivity index (χ1n) is 12.9. The standard InChI is InChI=1S/C28H34N6O4/c1-27(2,3)32-26(35)38-25-18-8-19(25)14-33(13-18)23-7-6-17(11-30-23)22-9-21(37-16-28(4,5)36)15-34-24(22)20(10-29)12-31-34/h6-7,9,11-12,15,18-19,25,36H,8,13-14,16H2,1-5H3,(H,32,35). The Kier molecular flexibility index (Phi) is 6.43. The number of aromatic nitrogens is 3. The summed E-state index contributed by atoms with van der Waals surface area (Å²) in [6.45, 7) is 10.8. The number of hydrogen-bond donors (Lipinski definition) is 2. The first kappa shape index (κ1) is 25.8. The van der Waals surface area contributed by atoms with E-state index in [0.717, 1.165) is 36.5 Å². The Hall–Kier alpha value is -3.84. The van der Waals surface area contributed by atoms with Crippen LogP contribution in [0.4, 0.5) is 10.6 Å². The predicted molar refractivity (Wildman–Crippen MR) is 142 cm³/mol. The van der Waals surface area contributed by atoms with Crippen molar-refractivity contribution >= 4 is 17.4 Å². The minimum atomic E-state index is -0.990. The van der Waals surface area contributed by atoms with Gasteiger partial charge in [-0.25, -0.2) is 14.3 Å². The van der Waals surface area contributed by atoms with Gasteiger partial charge in [0.2, 0.25) is 0 Å². The van der Waals surface area contributed by atoms with Gasteiger partial charge in [-0.05, 0) is 59.2 Å². The number of nitriles is 1. The average molecular weight is 519 g/mol. The summed E-state index contributed by atoms with van der Waals surface area (Å²) >= 11 is 0. The van der Waals surface area contributed by atoms with Gasteiger partial charge in [-0.1, -0.05) is 0 Å². The Bertz CT molecular complexity index is 1370. The highest BCUT2D eigenvalue weighted by Crippen LogP contribution is 2.43. The zero-order valence-electron chi connectivity index (χ0n) is 22.4. The van der Waals surface area contributed by atoms with Crippen LogP contribution in [-0.2, 0) is 4.74 Å². The lowest BCUT2D eigenvalue weighted by atomic mass is 9.68. The number of fused-ring (bicyclic) bond motifs is 3. The van der Waals surface area contributed by atoms with Crippen LogP contribution in [0, 0.1) is 23.2 Å². The van der Waals surface area contributed by atoms with Crippen LogP contribution in [0.25, 0.3) is 16.6 Å². The first-order chi connectivity index (χ1) is 17.9. The lowest BCUT2D eigenvalue weighted by molar-refractivity contribution is -0.0640. The molecule has 1 saturated carbocycles. The quantitative estimate of drug-likeness (QED) is 0.505. The SMILES string of the molecule is CC(C)(O)COc1cc(-c2ccc(N3CC4CC(C3)C4OC(=O)NC(C)(C)C)nc2)c2c(C#N)cnn2c1. The second-order valence-corrected chi connectivity index (χ2v) is 12.0. The average Bonchev–Trinajstić information content (AvgIpc) is 3.27. The molecule has 3 fully saturated rings. The molecule has 2 atom stereocenters. The van der Waals surface area contributed by atoms with Crippen LogP contribution in [0.1, 0.15) is 46.6 Å². The number of pyridine rings is 2. The maximum Gasteiger partial charge on any atom is 0.407 e. The molecule has 3 aromatic rings. The van der Waals surface area contributed by atoms with Gasteiger partial charge in [0.05, 0.1) is 29.1 Å². The zero-order valence-corrected chi connectivity index (χ0v) is 22.4. The fourth-order valence-electron chi connectivity index (χ4n) is 5.15. The maximum atomic E-state index is 12.2. The first-order valence-corrected chi connectivity index (χ1v) is 12.9. The molecule has 0 radical (unpaired) electrons. The van der Waals surface area contributed by atoms with E-state index in [9.17, 15) is 15.2 Å². The molecule has 0 spiro atoms. The summed E-state index contributed by atoms with van der Waals surface area (Å²) in [5.74, 6) is 1.97. The highest BCUT2D eigenvalue weighted by atomic mass is 16.6. The minimum Gasteiger partial charge on any atom is -0.489 e. The molecule has 2 saturated heterocycles. The van der Waals surface area contributed by atoms with Crippen molar-refractivity contribution in [3.8, 4) is 22.9 Å². The smallest absolute Gasteiger partial charge is 0.407 e. The van der Waals surface area contributed by atoms with Gasteiger partial charge in [0, 0.05) is 47.8 Å². The lowest BCUT2D eigenvalue weighted by Gasteiger charge is -2.52. The third-order valence-electron chi connectivity index (χ3n) is 6.85. The highest BCUT2D eigenvalue weighted by molar-refractivity contribution is 5.85. The highest BCUT2D eigenvalue weighted by Gasteiger charge is 2.49. The lowest BCUT2D eigenvalue weighted by Crippen LogP contribution is -2.61. The van der Waals surface area contributed by atoms with E-state index in [1.165, 1.54) is 6.20 Å². The summed E-state index contributed by atoms with van der Waals surface area (Å²) in [4.78, 5) is 19.2. The fraction of sp³-hybridized carbons (Fsp3) is 0.500. The second-order valence-electron chi connectivity index (χ2n) is 12.0.